The number of likely N-dealkylation sites (tertiary alicyclic amines) is 1. The van der Waals surface area contributed by atoms with E-state index in [9.17, 15) is 5.11 Å². The number of aliphatic hydroxyl groups is 1. The van der Waals surface area contributed by atoms with Gasteiger partial charge < -0.3 is 15.3 Å². The Labute approximate surface area is 112 Å². The van der Waals surface area contributed by atoms with Crippen molar-refractivity contribution in [1.29, 1.82) is 0 Å². The summed E-state index contributed by atoms with van der Waals surface area (Å²) in [7, 11) is 0. The molecule has 3 unspecified atom stereocenters. The van der Waals surface area contributed by atoms with Crippen molar-refractivity contribution < 1.29 is 5.11 Å². The van der Waals surface area contributed by atoms with Gasteiger partial charge in [0.2, 0.25) is 0 Å². The molecule has 0 radical (unpaired) electrons. The molecule has 3 atom stereocenters. The standard InChI is InChI=1S/C15H30N2O/c1-3-17-10-13(12(2)18)9-15(11-17)16-14-7-5-4-6-8-14/h12-16,18H,3-11H2,1-2H3. The van der Waals surface area contributed by atoms with Gasteiger partial charge in [0.05, 0.1) is 6.10 Å². The Bertz CT molecular complexity index is 239. The van der Waals surface area contributed by atoms with Gasteiger partial charge in [0.1, 0.15) is 0 Å². The topological polar surface area (TPSA) is 35.5 Å². The summed E-state index contributed by atoms with van der Waals surface area (Å²) >= 11 is 0. The highest BCUT2D eigenvalue weighted by Gasteiger charge is 2.30. The van der Waals surface area contributed by atoms with E-state index in [1.165, 1.54) is 32.1 Å². The lowest BCUT2D eigenvalue weighted by Crippen LogP contribution is -2.53. The minimum Gasteiger partial charge on any atom is -0.393 e. The van der Waals surface area contributed by atoms with Gasteiger partial charge in [-0.3, -0.25) is 0 Å². The Morgan fingerprint density at radius 1 is 1.17 bits per heavy atom. The van der Waals surface area contributed by atoms with E-state index in [4.69, 9.17) is 0 Å². The summed E-state index contributed by atoms with van der Waals surface area (Å²) in [5.41, 5.74) is 0. The van der Waals surface area contributed by atoms with Crippen LogP contribution in [0.3, 0.4) is 0 Å². The minimum atomic E-state index is -0.171. The molecular formula is C15H30N2O. The molecule has 0 aromatic heterocycles. The Morgan fingerprint density at radius 2 is 1.89 bits per heavy atom. The molecule has 0 aromatic carbocycles. The van der Waals surface area contributed by atoms with Crippen LogP contribution in [0.5, 0.6) is 0 Å². The monoisotopic (exact) mass is 254 g/mol. The third-order valence-corrected chi connectivity index (χ3v) is 4.76. The van der Waals surface area contributed by atoms with E-state index in [1.54, 1.807) is 0 Å². The summed E-state index contributed by atoms with van der Waals surface area (Å²) in [5.74, 6) is 0.444. The molecule has 1 aliphatic heterocycles. The molecule has 0 amide bonds. The van der Waals surface area contributed by atoms with Crippen molar-refractivity contribution in [2.45, 2.75) is 70.6 Å². The predicted octanol–water partition coefficient (Wildman–Crippen LogP) is 2.00. The van der Waals surface area contributed by atoms with Gasteiger partial charge in [-0.05, 0) is 38.6 Å². The van der Waals surface area contributed by atoms with Crippen LogP contribution in [0.1, 0.15) is 52.4 Å². The Hall–Kier alpha value is -0.120. The number of piperidine rings is 1. The maximum absolute atomic E-state index is 9.86. The van der Waals surface area contributed by atoms with Gasteiger partial charge >= 0.3 is 0 Å². The predicted molar refractivity (Wildman–Crippen MR) is 75.7 cm³/mol. The summed E-state index contributed by atoms with van der Waals surface area (Å²) in [4.78, 5) is 2.49. The van der Waals surface area contributed by atoms with Crippen LogP contribution in [-0.4, -0.2) is 47.8 Å². The second-order valence-corrected chi connectivity index (χ2v) is 6.29. The molecular weight excluding hydrogens is 224 g/mol. The van der Waals surface area contributed by atoms with E-state index in [0.29, 0.717) is 12.0 Å². The van der Waals surface area contributed by atoms with Crippen LogP contribution in [0.4, 0.5) is 0 Å². The average molecular weight is 254 g/mol. The van der Waals surface area contributed by atoms with Gasteiger partial charge in [0.25, 0.3) is 0 Å². The number of aliphatic hydroxyl groups excluding tert-OH is 1. The van der Waals surface area contributed by atoms with Crippen LogP contribution in [0.15, 0.2) is 0 Å². The quantitative estimate of drug-likeness (QED) is 0.805. The second kappa shape index (κ2) is 6.88. The van der Waals surface area contributed by atoms with Gasteiger partial charge in [0, 0.05) is 25.2 Å². The summed E-state index contributed by atoms with van der Waals surface area (Å²) < 4.78 is 0. The van der Waals surface area contributed by atoms with Crippen molar-refractivity contribution >= 4 is 0 Å². The van der Waals surface area contributed by atoms with E-state index < -0.39 is 0 Å². The van der Waals surface area contributed by atoms with E-state index in [2.05, 4.69) is 17.1 Å². The smallest absolute Gasteiger partial charge is 0.0553 e. The molecule has 1 saturated carbocycles. The van der Waals surface area contributed by atoms with Crippen LogP contribution in [0.2, 0.25) is 0 Å². The van der Waals surface area contributed by atoms with Crippen molar-refractivity contribution in [3.8, 4) is 0 Å². The molecule has 1 heterocycles. The van der Waals surface area contributed by atoms with Gasteiger partial charge in [-0.25, -0.2) is 0 Å². The lowest BCUT2D eigenvalue weighted by atomic mass is 9.88. The van der Waals surface area contributed by atoms with Crippen LogP contribution in [0.25, 0.3) is 0 Å². The molecule has 0 spiro atoms. The lowest BCUT2D eigenvalue weighted by Gasteiger charge is -2.40. The third kappa shape index (κ3) is 3.94. The maximum Gasteiger partial charge on any atom is 0.0553 e. The zero-order valence-electron chi connectivity index (χ0n) is 12.1. The molecule has 1 aliphatic carbocycles. The first-order valence-electron chi connectivity index (χ1n) is 7.85. The van der Waals surface area contributed by atoms with Gasteiger partial charge in [-0.1, -0.05) is 26.2 Å². The largest absolute Gasteiger partial charge is 0.393 e. The van der Waals surface area contributed by atoms with Crippen LogP contribution >= 0.6 is 0 Å². The Kier molecular flexibility index (Phi) is 5.46. The summed E-state index contributed by atoms with van der Waals surface area (Å²) in [6.07, 6.45) is 7.87. The Morgan fingerprint density at radius 3 is 2.50 bits per heavy atom. The van der Waals surface area contributed by atoms with Crippen molar-refractivity contribution in [2.24, 2.45) is 5.92 Å². The first-order valence-corrected chi connectivity index (χ1v) is 7.85. The van der Waals surface area contributed by atoms with Crippen LogP contribution in [0, 0.1) is 5.92 Å². The SMILES string of the molecule is CCN1CC(NC2CCCCC2)CC(C(C)O)C1. The molecule has 0 bridgehead atoms. The van der Waals surface area contributed by atoms with Crippen molar-refractivity contribution in [3.05, 3.63) is 0 Å². The molecule has 18 heavy (non-hydrogen) atoms. The third-order valence-electron chi connectivity index (χ3n) is 4.76. The molecule has 2 rings (SSSR count). The molecule has 3 nitrogen and oxygen atoms in total. The summed E-state index contributed by atoms with van der Waals surface area (Å²) in [5, 5.41) is 13.7. The highest BCUT2D eigenvalue weighted by atomic mass is 16.3. The minimum absolute atomic E-state index is 0.171. The molecule has 2 fully saturated rings. The molecule has 2 N–H and O–H groups in total. The molecule has 1 saturated heterocycles. The lowest BCUT2D eigenvalue weighted by molar-refractivity contribution is 0.0468. The van der Waals surface area contributed by atoms with E-state index in [0.717, 1.165) is 32.1 Å². The number of hydrogen-bond acceptors (Lipinski definition) is 3. The van der Waals surface area contributed by atoms with Gasteiger partial charge in [-0.15, -0.1) is 0 Å². The van der Waals surface area contributed by atoms with Crippen LogP contribution in [-0.2, 0) is 0 Å². The molecule has 2 aliphatic rings. The highest BCUT2D eigenvalue weighted by molar-refractivity contribution is 4.87. The van der Waals surface area contributed by atoms with E-state index in [1.807, 2.05) is 6.92 Å². The molecule has 106 valence electrons. The number of likely N-dealkylation sites (N-methyl/N-ethyl adjacent to an activating group) is 1. The van der Waals surface area contributed by atoms with Crippen LogP contribution < -0.4 is 5.32 Å². The van der Waals surface area contributed by atoms with Crippen molar-refractivity contribution in [1.82, 2.24) is 10.2 Å². The zero-order valence-corrected chi connectivity index (χ0v) is 12.1. The van der Waals surface area contributed by atoms with Gasteiger partial charge in [0.15, 0.2) is 0 Å². The van der Waals surface area contributed by atoms with Crippen molar-refractivity contribution in [3.63, 3.8) is 0 Å². The zero-order chi connectivity index (χ0) is 13.0. The first kappa shape index (κ1) is 14.3. The number of nitrogens with zero attached hydrogens (tertiary/aromatic N) is 1. The van der Waals surface area contributed by atoms with Gasteiger partial charge in [-0.2, -0.15) is 0 Å². The highest BCUT2D eigenvalue weighted by Crippen LogP contribution is 2.23. The fraction of sp³-hybridized carbons (Fsp3) is 1.00. The normalized spacial score (nSPS) is 33.5. The number of rotatable bonds is 4. The van der Waals surface area contributed by atoms with Crippen molar-refractivity contribution in [2.75, 3.05) is 19.6 Å². The average Bonchev–Trinajstić information content (AvgIpc) is 2.39. The maximum atomic E-state index is 9.86. The molecule has 3 heteroatoms. The van der Waals surface area contributed by atoms with E-state index >= 15 is 0 Å². The summed E-state index contributed by atoms with van der Waals surface area (Å²) in [6, 6.07) is 1.32. The fourth-order valence-electron chi connectivity index (χ4n) is 3.56. The second-order valence-electron chi connectivity index (χ2n) is 6.29. The number of hydrogen-bond donors (Lipinski definition) is 2. The first-order chi connectivity index (χ1) is 8.69. The number of nitrogens with one attached hydrogen (secondary N) is 1. The molecule has 0 aromatic rings. The fourth-order valence-corrected chi connectivity index (χ4v) is 3.56. The summed E-state index contributed by atoms with van der Waals surface area (Å²) in [6.45, 7) is 7.50. The Balaban J connectivity index is 1.85. The van der Waals surface area contributed by atoms with E-state index in [-0.39, 0.29) is 6.10 Å².